The molecule has 1 rings (SSSR count). The number of hydrogen-bond acceptors (Lipinski definition) is 2. The van der Waals surface area contributed by atoms with Gasteiger partial charge >= 0.3 is 0 Å². The molecule has 0 amide bonds. The molecule has 0 aromatic carbocycles. The molecule has 1 heterocycles. The van der Waals surface area contributed by atoms with Crippen molar-refractivity contribution in [2.45, 2.75) is 39.8 Å². The van der Waals surface area contributed by atoms with Crippen LogP contribution in [-0.4, -0.2) is 9.55 Å². The van der Waals surface area contributed by atoms with Crippen LogP contribution in [-0.2, 0) is 13.1 Å². The monoisotopic (exact) mass is 181 g/mol. The van der Waals surface area contributed by atoms with Crippen molar-refractivity contribution in [2.24, 2.45) is 11.7 Å². The Bertz CT molecular complexity index is 242. The molecule has 1 aromatic heterocycles. The van der Waals surface area contributed by atoms with Gasteiger partial charge in [0.05, 0.1) is 12.0 Å². The van der Waals surface area contributed by atoms with E-state index in [0.29, 0.717) is 6.54 Å². The largest absolute Gasteiger partial charge is 0.337 e. The summed E-state index contributed by atoms with van der Waals surface area (Å²) in [4.78, 5) is 4.19. The van der Waals surface area contributed by atoms with Crippen LogP contribution in [0.4, 0.5) is 0 Å². The molecule has 0 fully saturated rings. The standard InChI is InChI=1S/C10H19N3/c1-3-4-9(2)6-13-7-10(5-11)12-8-13/h7-9H,3-6,11H2,1-2H3. The highest BCUT2D eigenvalue weighted by atomic mass is 15.0. The maximum Gasteiger partial charge on any atom is 0.0950 e. The summed E-state index contributed by atoms with van der Waals surface area (Å²) in [6.45, 7) is 6.08. The zero-order chi connectivity index (χ0) is 9.68. The van der Waals surface area contributed by atoms with Crippen molar-refractivity contribution in [2.75, 3.05) is 0 Å². The Balaban J connectivity index is 2.44. The van der Waals surface area contributed by atoms with Gasteiger partial charge in [-0.05, 0) is 12.3 Å². The van der Waals surface area contributed by atoms with E-state index in [2.05, 4.69) is 23.4 Å². The highest BCUT2D eigenvalue weighted by molar-refractivity contribution is 4.95. The van der Waals surface area contributed by atoms with Crippen LogP contribution in [0.1, 0.15) is 32.4 Å². The van der Waals surface area contributed by atoms with Crippen LogP contribution in [0.2, 0.25) is 0 Å². The Kier molecular flexibility index (Phi) is 3.96. The molecular formula is C10H19N3. The first-order chi connectivity index (χ1) is 6.26. The number of hydrogen-bond donors (Lipinski definition) is 1. The Morgan fingerprint density at radius 2 is 2.38 bits per heavy atom. The minimum atomic E-state index is 0.537. The molecule has 3 heteroatoms. The first kappa shape index (κ1) is 10.3. The van der Waals surface area contributed by atoms with E-state index in [9.17, 15) is 0 Å². The van der Waals surface area contributed by atoms with Gasteiger partial charge in [-0.1, -0.05) is 20.3 Å². The van der Waals surface area contributed by atoms with Crippen LogP contribution in [0.5, 0.6) is 0 Å². The fraction of sp³-hybridized carbons (Fsp3) is 0.700. The second kappa shape index (κ2) is 5.02. The van der Waals surface area contributed by atoms with E-state index in [1.807, 2.05) is 12.5 Å². The molecule has 0 bridgehead atoms. The second-order valence-corrected chi connectivity index (χ2v) is 3.66. The average molecular weight is 181 g/mol. The van der Waals surface area contributed by atoms with Crippen LogP contribution in [0.25, 0.3) is 0 Å². The predicted molar refractivity (Wildman–Crippen MR) is 54.2 cm³/mol. The summed E-state index contributed by atoms with van der Waals surface area (Å²) in [6.07, 6.45) is 6.43. The highest BCUT2D eigenvalue weighted by Gasteiger charge is 2.02. The lowest BCUT2D eigenvalue weighted by atomic mass is 10.1. The van der Waals surface area contributed by atoms with Crippen LogP contribution < -0.4 is 5.73 Å². The molecular weight excluding hydrogens is 162 g/mol. The van der Waals surface area contributed by atoms with Gasteiger partial charge in [0.25, 0.3) is 0 Å². The van der Waals surface area contributed by atoms with Crippen LogP contribution in [0.15, 0.2) is 12.5 Å². The summed E-state index contributed by atoms with van der Waals surface area (Å²) < 4.78 is 2.13. The Labute approximate surface area is 80.0 Å². The quantitative estimate of drug-likeness (QED) is 0.752. The summed E-state index contributed by atoms with van der Waals surface area (Å²) >= 11 is 0. The fourth-order valence-corrected chi connectivity index (χ4v) is 1.56. The van der Waals surface area contributed by atoms with Gasteiger partial charge in [0.1, 0.15) is 0 Å². The van der Waals surface area contributed by atoms with Gasteiger partial charge in [-0.15, -0.1) is 0 Å². The molecule has 1 unspecified atom stereocenters. The lowest BCUT2D eigenvalue weighted by molar-refractivity contribution is 0.445. The van der Waals surface area contributed by atoms with E-state index < -0.39 is 0 Å². The lowest BCUT2D eigenvalue weighted by Gasteiger charge is -2.09. The number of nitrogens with zero attached hydrogens (tertiary/aromatic N) is 2. The van der Waals surface area contributed by atoms with Gasteiger partial charge in [-0.3, -0.25) is 0 Å². The van der Waals surface area contributed by atoms with Crippen molar-refractivity contribution >= 4 is 0 Å². The predicted octanol–water partition coefficient (Wildman–Crippen LogP) is 1.78. The molecule has 0 radical (unpaired) electrons. The zero-order valence-electron chi connectivity index (χ0n) is 8.53. The van der Waals surface area contributed by atoms with E-state index >= 15 is 0 Å². The third kappa shape index (κ3) is 3.19. The highest BCUT2D eigenvalue weighted by Crippen LogP contribution is 2.08. The maximum absolute atomic E-state index is 5.48. The molecule has 0 saturated carbocycles. The van der Waals surface area contributed by atoms with E-state index in [0.717, 1.165) is 18.2 Å². The lowest BCUT2D eigenvalue weighted by Crippen LogP contribution is -2.05. The van der Waals surface area contributed by atoms with Crippen LogP contribution >= 0.6 is 0 Å². The molecule has 0 aliphatic heterocycles. The van der Waals surface area contributed by atoms with Gasteiger partial charge in [-0.2, -0.15) is 0 Å². The number of nitrogens with two attached hydrogens (primary N) is 1. The smallest absolute Gasteiger partial charge is 0.0950 e. The summed E-state index contributed by atoms with van der Waals surface area (Å²) in [6, 6.07) is 0. The molecule has 74 valence electrons. The van der Waals surface area contributed by atoms with Crippen molar-refractivity contribution in [3.8, 4) is 0 Å². The van der Waals surface area contributed by atoms with Gasteiger partial charge in [-0.25, -0.2) is 4.98 Å². The van der Waals surface area contributed by atoms with E-state index in [-0.39, 0.29) is 0 Å². The molecule has 0 aliphatic rings. The topological polar surface area (TPSA) is 43.8 Å². The number of imidazole rings is 1. The van der Waals surface area contributed by atoms with Crippen molar-refractivity contribution in [3.63, 3.8) is 0 Å². The number of aromatic nitrogens is 2. The SMILES string of the molecule is CCCC(C)Cn1cnc(CN)c1. The average Bonchev–Trinajstić information content (AvgIpc) is 2.52. The van der Waals surface area contributed by atoms with Crippen molar-refractivity contribution in [1.29, 1.82) is 0 Å². The second-order valence-electron chi connectivity index (χ2n) is 3.66. The Hall–Kier alpha value is -0.830. The molecule has 1 atom stereocenters. The number of rotatable bonds is 5. The zero-order valence-corrected chi connectivity index (χ0v) is 8.53. The summed E-state index contributed by atoms with van der Waals surface area (Å²) in [7, 11) is 0. The summed E-state index contributed by atoms with van der Waals surface area (Å²) in [5.41, 5.74) is 6.45. The Morgan fingerprint density at radius 1 is 1.62 bits per heavy atom. The van der Waals surface area contributed by atoms with E-state index in [4.69, 9.17) is 5.73 Å². The Morgan fingerprint density at radius 3 is 2.92 bits per heavy atom. The van der Waals surface area contributed by atoms with Gasteiger partial charge in [0.2, 0.25) is 0 Å². The molecule has 13 heavy (non-hydrogen) atoms. The first-order valence-electron chi connectivity index (χ1n) is 4.97. The molecule has 3 nitrogen and oxygen atoms in total. The summed E-state index contributed by atoms with van der Waals surface area (Å²) in [5.74, 6) is 0.727. The maximum atomic E-state index is 5.48. The minimum Gasteiger partial charge on any atom is -0.337 e. The van der Waals surface area contributed by atoms with E-state index in [1.165, 1.54) is 12.8 Å². The van der Waals surface area contributed by atoms with Crippen molar-refractivity contribution in [3.05, 3.63) is 18.2 Å². The van der Waals surface area contributed by atoms with Gasteiger partial charge < -0.3 is 10.3 Å². The summed E-state index contributed by atoms with van der Waals surface area (Å²) in [5, 5.41) is 0. The fourth-order valence-electron chi connectivity index (χ4n) is 1.56. The normalized spacial score (nSPS) is 13.2. The third-order valence-corrected chi connectivity index (χ3v) is 2.20. The minimum absolute atomic E-state index is 0.537. The molecule has 0 spiro atoms. The molecule has 0 aliphatic carbocycles. The first-order valence-corrected chi connectivity index (χ1v) is 4.97. The van der Waals surface area contributed by atoms with Crippen LogP contribution in [0.3, 0.4) is 0 Å². The third-order valence-electron chi connectivity index (χ3n) is 2.20. The molecule has 2 N–H and O–H groups in total. The van der Waals surface area contributed by atoms with Gasteiger partial charge in [0.15, 0.2) is 0 Å². The van der Waals surface area contributed by atoms with Crippen molar-refractivity contribution < 1.29 is 0 Å². The molecule has 0 saturated heterocycles. The van der Waals surface area contributed by atoms with E-state index in [1.54, 1.807) is 0 Å². The van der Waals surface area contributed by atoms with Crippen molar-refractivity contribution in [1.82, 2.24) is 9.55 Å². The van der Waals surface area contributed by atoms with Crippen LogP contribution in [0, 0.1) is 5.92 Å². The molecule has 1 aromatic rings. The van der Waals surface area contributed by atoms with Gasteiger partial charge in [0, 0.05) is 19.3 Å².